The number of unbranched alkanes of at least 4 members (excludes halogenated alkanes) is 1. The largest absolute Gasteiger partial charge is 0.493 e. The van der Waals surface area contributed by atoms with Crippen molar-refractivity contribution in [2.24, 2.45) is 11.8 Å². The number of piperidine rings is 1. The highest BCUT2D eigenvalue weighted by Gasteiger charge is 2.53. The van der Waals surface area contributed by atoms with Crippen molar-refractivity contribution in [2.75, 3.05) is 26.2 Å². The lowest BCUT2D eigenvalue weighted by atomic mass is 9.80. The van der Waals surface area contributed by atoms with Crippen LogP contribution in [0.3, 0.4) is 0 Å². The van der Waals surface area contributed by atoms with E-state index in [9.17, 15) is 9.59 Å². The molecule has 6 nitrogen and oxygen atoms in total. The number of carbonyl (C=O) groups is 2. The van der Waals surface area contributed by atoms with Gasteiger partial charge in [-0.25, -0.2) is 0 Å². The number of piperazine rings is 1. The van der Waals surface area contributed by atoms with Crippen LogP contribution in [0.5, 0.6) is 5.75 Å². The molecule has 4 rings (SSSR count). The molecule has 1 spiro atoms. The molecule has 34 heavy (non-hydrogen) atoms. The van der Waals surface area contributed by atoms with Crippen LogP contribution in [0.4, 0.5) is 0 Å². The Hall–Kier alpha value is -1.79. The fourth-order valence-corrected chi connectivity index (χ4v) is 5.44. The predicted molar refractivity (Wildman–Crippen MR) is 135 cm³/mol. The predicted octanol–water partition coefficient (Wildman–Crippen LogP) is 4.64. The van der Waals surface area contributed by atoms with E-state index in [1.807, 2.05) is 17.0 Å². The fourth-order valence-electron chi connectivity index (χ4n) is 5.21. The lowest BCUT2D eigenvalue weighted by molar-refractivity contribution is -0.161. The molecule has 1 atom stereocenters. The third kappa shape index (κ3) is 5.71. The van der Waals surface area contributed by atoms with Gasteiger partial charge in [0.1, 0.15) is 17.3 Å². The molecule has 2 aliphatic heterocycles. The zero-order chi connectivity index (χ0) is 24.3. The molecule has 1 aromatic carbocycles. The first-order valence-electron chi connectivity index (χ1n) is 13.1. The van der Waals surface area contributed by atoms with Crippen molar-refractivity contribution in [3.05, 3.63) is 28.8 Å². The third-order valence-corrected chi connectivity index (χ3v) is 7.89. The highest BCUT2D eigenvalue weighted by molar-refractivity contribution is 6.31. The maximum atomic E-state index is 13.4. The van der Waals surface area contributed by atoms with E-state index in [1.54, 1.807) is 0 Å². The number of rotatable bonds is 10. The van der Waals surface area contributed by atoms with Crippen LogP contribution in [0.1, 0.15) is 71.3 Å². The monoisotopic (exact) mass is 489 g/mol. The Morgan fingerprint density at radius 3 is 2.56 bits per heavy atom. The number of nitrogens with one attached hydrogen (secondary N) is 1. The Morgan fingerprint density at radius 1 is 1.21 bits per heavy atom. The van der Waals surface area contributed by atoms with Crippen LogP contribution in [0.25, 0.3) is 0 Å². The number of hydrogen-bond acceptors (Lipinski definition) is 4. The van der Waals surface area contributed by atoms with Crippen molar-refractivity contribution in [3.63, 3.8) is 0 Å². The normalized spacial score (nSPS) is 23.0. The summed E-state index contributed by atoms with van der Waals surface area (Å²) in [5, 5.41) is 3.81. The topological polar surface area (TPSA) is 61.9 Å². The summed E-state index contributed by atoms with van der Waals surface area (Å²) < 4.78 is 5.85. The highest BCUT2D eigenvalue weighted by Crippen LogP contribution is 2.35. The van der Waals surface area contributed by atoms with Crippen molar-refractivity contribution in [1.29, 1.82) is 0 Å². The number of halogens is 1. The first kappa shape index (κ1) is 25.3. The molecule has 1 saturated carbocycles. The van der Waals surface area contributed by atoms with E-state index in [-0.39, 0.29) is 11.8 Å². The van der Waals surface area contributed by atoms with Crippen LogP contribution in [-0.2, 0) is 16.1 Å². The smallest absolute Gasteiger partial charge is 0.246 e. The van der Waals surface area contributed by atoms with Gasteiger partial charge in [0, 0.05) is 31.2 Å². The van der Waals surface area contributed by atoms with E-state index < -0.39 is 11.6 Å². The molecule has 7 heteroatoms. The Balaban J connectivity index is 1.40. The molecular formula is C27H40ClN3O3. The molecular weight excluding hydrogens is 450 g/mol. The standard InChI is InChI=1S/C27H40ClN3O3/c1-4-5-12-31-25(32)24(15-19(2)3)29-26(33)27(31)10-13-30(14-11-27)17-21-8-9-22(16-23(21)28)34-18-20-6-7-20/h8-9,16,19-20,24H,4-7,10-15,17-18H2,1-3H3,(H,29,33). The zero-order valence-corrected chi connectivity index (χ0v) is 21.7. The van der Waals surface area contributed by atoms with E-state index in [0.29, 0.717) is 37.6 Å². The minimum absolute atomic E-state index is 0.0312. The molecule has 1 aromatic rings. The Bertz CT molecular complexity index is 878. The first-order valence-corrected chi connectivity index (χ1v) is 13.5. The fraction of sp³-hybridized carbons (Fsp3) is 0.704. The van der Waals surface area contributed by atoms with Gasteiger partial charge >= 0.3 is 0 Å². The molecule has 1 N–H and O–H groups in total. The van der Waals surface area contributed by atoms with Gasteiger partial charge in [-0.3, -0.25) is 14.5 Å². The average molecular weight is 490 g/mol. The molecule has 2 saturated heterocycles. The summed E-state index contributed by atoms with van der Waals surface area (Å²) in [6.07, 6.45) is 6.45. The second-order valence-electron chi connectivity index (χ2n) is 10.8. The molecule has 3 fully saturated rings. The quantitative estimate of drug-likeness (QED) is 0.520. The molecule has 3 aliphatic rings. The van der Waals surface area contributed by atoms with Crippen LogP contribution in [0, 0.1) is 11.8 Å². The van der Waals surface area contributed by atoms with Crippen LogP contribution < -0.4 is 10.1 Å². The van der Waals surface area contributed by atoms with Gasteiger partial charge in [-0.15, -0.1) is 0 Å². The number of likely N-dealkylation sites (tertiary alicyclic amines) is 1. The molecule has 1 aliphatic carbocycles. The molecule has 2 heterocycles. The van der Waals surface area contributed by atoms with Gasteiger partial charge in [-0.05, 0) is 68.1 Å². The van der Waals surface area contributed by atoms with E-state index >= 15 is 0 Å². The molecule has 1 unspecified atom stereocenters. The summed E-state index contributed by atoms with van der Waals surface area (Å²) >= 11 is 6.58. The van der Waals surface area contributed by atoms with Gasteiger partial charge in [0.2, 0.25) is 11.8 Å². The Kier molecular flexibility index (Phi) is 8.08. The maximum Gasteiger partial charge on any atom is 0.246 e. The van der Waals surface area contributed by atoms with Crippen molar-refractivity contribution >= 4 is 23.4 Å². The summed E-state index contributed by atoms with van der Waals surface area (Å²) in [4.78, 5) is 31.1. The Morgan fingerprint density at radius 2 is 1.94 bits per heavy atom. The average Bonchev–Trinajstić information content (AvgIpc) is 3.63. The van der Waals surface area contributed by atoms with Gasteiger partial charge in [-0.2, -0.15) is 0 Å². The minimum atomic E-state index is -0.722. The summed E-state index contributed by atoms with van der Waals surface area (Å²) in [7, 11) is 0. The number of hydrogen-bond donors (Lipinski definition) is 1. The van der Waals surface area contributed by atoms with Crippen molar-refractivity contribution < 1.29 is 14.3 Å². The number of amides is 2. The van der Waals surface area contributed by atoms with Crippen molar-refractivity contribution in [3.8, 4) is 5.75 Å². The van der Waals surface area contributed by atoms with Gasteiger partial charge in [0.25, 0.3) is 0 Å². The maximum absolute atomic E-state index is 13.4. The SMILES string of the molecule is CCCCN1C(=O)C(CC(C)C)NC(=O)C12CCN(Cc1ccc(OCC3CC3)cc1Cl)CC2. The summed E-state index contributed by atoms with van der Waals surface area (Å²) in [5.74, 6) is 2.02. The lowest BCUT2D eigenvalue weighted by Crippen LogP contribution is -2.73. The molecule has 2 amide bonds. The molecule has 0 radical (unpaired) electrons. The van der Waals surface area contributed by atoms with Gasteiger partial charge < -0.3 is 15.0 Å². The van der Waals surface area contributed by atoms with Crippen molar-refractivity contribution in [2.45, 2.75) is 83.8 Å². The zero-order valence-electron chi connectivity index (χ0n) is 20.9. The number of nitrogens with zero attached hydrogens (tertiary/aromatic N) is 2. The van der Waals surface area contributed by atoms with Crippen LogP contribution in [0.15, 0.2) is 18.2 Å². The first-order chi connectivity index (χ1) is 16.3. The summed E-state index contributed by atoms with van der Waals surface area (Å²) in [6.45, 7) is 10.00. The lowest BCUT2D eigenvalue weighted by Gasteiger charge is -2.52. The number of ether oxygens (including phenoxy) is 1. The van der Waals surface area contributed by atoms with E-state index in [2.05, 4.69) is 37.1 Å². The van der Waals surface area contributed by atoms with Crippen LogP contribution in [0.2, 0.25) is 5.02 Å². The summed E-state index contributed by atoms with van der Waals surface area (Å²) in [6, 6.07) is 5.58. The van der Waals surface area contributed by atoms with Gasteiger partial charge in [0.05, 0.1) is 6.61 Å². The van der Waals surface area contributed by atoms with Crippen LogP contribution in [-0.4, -0.2) is 59.4 Å². The summed E-state index contributed by atoms with van der Waals surface area (Å²) in [5.41, 5.74) is 0.348. The minimum Gasteiger partial charge on any atom is -0.493 e. The number of benzene rings is 1. The van der Waals surface area contributed by atoms with Gasteiger partial charge in [0.15, 0.2) is 0 Å². The second kappa shape index (κ2) is 10.9. The van der Waals surface area contributed by atoms with E-state index in [1.165, 1.54) is 12.8 Å². The van der Waals surface area contributed by atoms with E-state index in [0.717, 1.165) is 55.4 Å². The third-order valence-electron chi connectivity index (χ3n) is 7.54. The van der Waals surface area contributed by atoms with Gasteiger partial charge in [-0.1, -0.05) is 44.9 Å². The Labute approximate surface area is 209 Å². The molecule has 0 aromatic heterocycles. The van der Waals surface area contributed by atoms with Crippen LogP contribution >= 0.6 is 11.6 Å². The molecule has 188 valence electrons. The van der Waals surface area contributed by atoms with Crippen molar-refractivity contribution in [1.82, 2.24) is 15.1 Å². The highest BCUT2D eigenvalue weighted by atomic mass is 35.5. The van der Waals surface area contributed by atoms with E-state index in [4.69, 9.17) is 16.3 Å². The second-order valence-corrected chi connectivity index (χ2v) is 11.2. The number of carbonyl (C=O) groups excluding carboxylic acids is 2. The molecule has 0 bridgehead atoms.